The SMILES string of the molecule is [2H]c1ccncc1[2H]. The van der Waals surface area contributed by atoms with Crippen LogP contribution in [0.15, 0.2) is 30.5 Å². The molecule has 0 aliphatic heterocycles. The van der Waals surface area contributed by atoms with Gasteiger partial charge in [0.15, 0.2) is 0 Å². The van der Waals surface area contributed by atoms with Crippen molar-refractivity contribution in [2.24, 2.45) is 0 Å². The molecule has 1 aromatic rings. The fourth-order valence-corrected chi connectivity index (χ4v) is 0.246. The third kappa shape index (κ3) is 0.549. The zero-order valence-corrected chi connectivity index (χ0v) is 3.18. The molecule has 0 aliphatic carbocycles. The van der Waals surface area contributed by atoms with Gasteiger partial charge in [0, 0.05) is 12.4 Å². The monoisotopic (exact) mass is 81.1 g/mol. The summed E-state index contributed by atoms with van der Waals surface area (Å²) in [6.07, 6.45) is 2.85. The van der Waals surface area contributed by atoms with Crippen molar-refractivity contribution in [1.82, 2.24) is 4.98 Å². The molecule has 0 aliphatic rings. The Kier molecular flexibility index (Phi) is 0.449. The molecule has 1 heterocycles. The highest BCUT2D eigenvalue weighted by molar-refractivity contribution is 4.88. The van der Waals surface area contributed by atoms with Gasteiger partial charge in [0.1, 0.15) is 0 Å². The van der Waals surface area contributed by atoms with Crippen molar-refractivity contribution in [3.63, 3.8) is 0 Å². The van der Waals surface area contributed by atoms with Crippen LogP contribution < -0.4 is 0 Å². The van der Waals surface area contributed by atoms with Crippen molar-refractivity contribution in [3.05, 3.63) is 30.5 Å². The first-order chi connectivity index (χ1) is 3.80. The van der Waals surface area contributed by atoms with E-state index in [0.29, 0.717) is 0 Å². The molecule has 0 saturated heterocycles. The minimum atomic E-state index is 0.174. The minimum Gasteiger partial charge on any atom is -0.265 e. The largest absolute Gasteiger partial charge is 0.265 e. The second-order valence-corrected chi connectivity index (χ2v) is 0.883. The van der Waals surface area contributed by atoms with Crippen LogP contribution in [-0.2, 0) is 0 Å². The highest BCUT2D eigenvalue weighted by Crippen LogP contribution is 1.73. The van der Waals surface area contributed by atoms with Gasteiger partial charge in [0.25, 0.3) is 0 Å². The van der Waals surface area contributed by atoms with Crippen LogP contribution in [0.25, 0.3) is 0 Å². The summed E-state index contributed by atoms with van der Waals surface area (Å²) in [5, 5.41) is 0. The second-order valence-electron chi connectivity index (χ2n) is 0.883. The van der Waals surface area contributed by atoms with Crippen molar-refractivity contribution in [2.75, 3.05) is 0 Å². The van der Waals surface area contributed by atoms with Gasteiger partial charge in [-0.3, -0.25) is 4.98 Å². The summed E-state index contributed by atoms with van der Waals surface area (Å²) in [5.74, 6) is 0. The Balaban J connectivity index is 3.13. The zero-order chi connectivity index (χ0) is 5.98. The van der Waals surface area contributed by atoms with Gasteiger partial charge in [0.2, 0.25) is 0 Å². The Morgan fingerprint density at radius 2 is 2.33 bits per heavy atom. The van der Waals surface area contributed by atoms with E-state index >= 15 is 0 Å². The van der Waals surface area contributed by atoms with Gasteiger partial charge in [-0.25, -0.2) is 0 Å². The Morgan fingerprint density at radius 3 is 2.83 bits per heavy atom. The summed E-state index contributed by atoms with van der Waals surface area (Å²) in [4.78, 5) is 3.64. The molecule has 1 rings (SSSR count). The molecule has 0 spiro atoms. The fourth-order valence-electron chi connectivity index (χ4n) is 0.246. The lowest BCUT2D eigenvalue weighted by Gasteiger charge is -1.70. The molecule has 0 atom stereocenters. The summed E-state index contributed by atoms with van der Waals surface area (Å²) in [6, 6.07) is 1.88. The van der Waals surface area contributed by atoms with E-state index in [1.54, 1.807) is 0 Å². The van der Waals surface area contributed by atoms with E-state index in [-0.39, 0.29) is 12.1 Å². The average molecular weight is 81.1 g/mol. The summed E-state index contributed by atoms with van der Waals surface area (Å²) in [5.41, 5.74) is 0. The van der Waals surface area contributed by atoms with E-state index in [0.717, 1.165) is 0 Å². The summed E-state index contributed by atoms with van der Waals surface area (Å²) in [6.45, 7) is 0. The predicted molar refractivity (Wildman–Crippen MR) is 24.2 cm³/mol. The number of hydrogen-bond donors (Lipinski definition) is 0. The van der Waals surface area contributed by atoms with Crippen molar-refractivity contribution < 1.29 is 2.74 Å². The van der Waals surface area contributed by atoms with Crippen LogP contribution in [0.1, 0.15) is 2.74 Å². The molecule has 0 bridgehead atoms. The Hall–Kier alpha value is -0.850. The minimum absolute atomic E-state index is 0.174. The Labute approximate surface area is 39.5 Å². The third-order valence-electron chi connectivity index (χ3n) is 0.466. The first kappa shape index (κ1) is 1.73. The molecule has 1 aromatic heterocycles. The van der Waals surface area contributed by atoms with Gasteiger partial charge in [-0.1, -0.05) is 6.04 Å². The summed E-state index contributed by atoms with van der Waals surface area (Å²) in [7, 11) is 0. The summed E-state index contributed by atoms with van der Waals surface area (Å²) < 4.78 is 14.0. The summed E-state index contributed by atoms with van der Waals surface area (Å²) >= 11 is 0. The zero-order valence-electron chi connectivity index (χ0n) is 5.18. The van der Waals surface area contributed by atoms with Gasteiger partial charge in [-0.2, -0.15) is 0 Å². The van der Waals surface area contributed by atoms with Crippen LogP contribution in [0.2, 0.25) is 0 Å². The molecule has 30 valence electrons. The van der Waals surface area contributed by atoms with Crippen LogP contribution in [0.3, 0.4) is 0 Å². The van der Waals surface area contributed by atoms with E-state index in [9.17, 15) is 0 Å². The fraction of sp³-hybridized carbons (Fsp3) is 0. The normalized spacial score (nSPS) is 12.7. The van der Waals surface area contributed by atoms with Gasteiger partial charge in [-0.05, 0) is 12.1 Å². The first-order valence-electron chi connectivity index (χ1n) is 2.68. The molecule has 0 N–H and O–H groups in total. The smallest absolute Gasteiger partial charge is 0.0639 e. The third-order valence-corrected chi connectivity index (χ3v) is 0.466. The van der Waals surface area contributed by atoms with Crippen LogP contribution in [-0.4, -0.2) is 4.98 Å². The van der Waals surface area contributed by atoms with E-state index < -0.39 is 0 Å². The van der Waals surface area contributed by atoms with Crippen LogP contribution in [0.4, 0.5) is 0 Å². The van der Waals surface area contributed by atoms with E-state index in [1.165, 1.54) is 18.5 Å². The van der Waals surface area contributed by atoms with Crippen LogP contribution in [0, 0.1) is 0 Å². The van der Waals surface area contributed by atoms with E-state index in [4.69, 9.17) is 2.74 Å². The molecule has 0 radical (unpaired) electrons. The number of hydrogen-bond acceptors (Lipinski definition) is 1. The predicted octanol–water partition coefficient (Wildman–Crippen LogP) is 1.08. The molecular weight excluding hydrogens is 74.1 g/mol. The van der Waals surface area contributed by atoms with Gasteiger partial charge >= 0.3 is 0 Å². The topological polar surface area (TPSA) is 12.9 Å². The highest BCUT2D eigenvalue weighted by Gasteiger charge is 1.58. The van der Waals surface area contributed by atoms with Gasteiger partial charge < -0.3 is 0 Å². The molecule has 0 saturated carbocycles. The van der Waals surface area contributed by atoms with E-state index in [1.807, 2.05) is 0 Å². The van der Waals surface area contributed by atoms with Gasteiger partial charge in [0.05, 0.1) is 2.74 Å². The average Bonchev–Trinajstić information content (AvgIpc) is 1.77. The van der Waals surface area contributed by atoms with Crippen molar-refractivity contribution in [1.29, 1.82) is 0 Å². The molecule has 1 nitrogen and oxygen atoms in total. The number of nitrogens with zero attached hydrogens (tertiary/aromatic N) is 1. The molecule has 0 amide bonds. The molecule has 1 heteroatoms. The quantitative estimate of drug-likeness (QED) is 0.455. The maximum absolute atomic E-state index is 6.99. The maximum Gasteiger partial charge on any atom is 0.0639 e. The first-order valence-corrected chi connectivity index (χ1v) is 1.68. The van der Waals surface area contributed by atoms with Crippen LogP contribution >= 0.6 is 0 Å². The number of rotatable bonds is 0. The lowest BCUT2D eigenvalue weighted by atomic mass is 10.5. The lowest BCUT2D eigenvalue weighted by Crippen LogP contribution is -1.58. The van der Waals surface area contributed by atoms with Gasteiger partial charge in [-0.15, -0.1) is 0 Å². The number of aromatic nitrogens is 1. The van der Waals surface area contributed by atoms with Crippen molar-refractivity contribution >= 4 is 0 Å². The molecular formula is C5H5N. The van der Waals surface area contributed by atoms with Crippen molar-refractivity contribution in [2.45, 2.75) is 0 Å². The maximum atomic E-state index is 6.99. The number of pyridine rings is 1. The molecule has 0 aromatic carbocycles. The van der Waals surface area contributed by atoms with Crippen molar-refractivity contribution in [3.8, 4) is 0 Å². The standard InChI is InChI=1S/C5H5N/c1-2-4-6-5-3-1/h1-5H/i1D,2D. The molecule has 0 unspecified atom stereocenters. The molecule has 6 heavy (non-hydrogen) atoms. The molecule has 0 fully saturated rings. The van der Waals surface area contributed by atoms with E-state index in [2.05, 4.69) is 4.98 Å². The Morgan fingerprint density at radius 1 is 1.33 bits per heavy atom. The highest BCUT2D eigenvalue weighted by atomic mass is 14.6. The van der Waals surface area contributed by atoms with Crippen LogP contribution in [0.5, 0.6) is 0 Å². The lowest BCUT2D eigenvalue weighted by molar-refractivity contribution is 1.33. The Bertz CT molecular complexity index is 167. The second kappa shape index (κ2) is 1.55.